The Morgan fingerprint density at radius 2 is 2.35 bits per heavy atom. The SMILES string of the molecule is CC(C)Sc1cnn2c1CN(C(=O)O)[C@@H](C)C2. The number of thioether (sulfide) groups is 1. The van der Waals surface area contributed by atoms with Crippen molar-refractivity contribution in [3.05, 3.63) is 11.9 Å². The van der Waals surface area contributed by atoms with Crippen LogP contribution in [-0.2, 0) is 13.1 Å². The van der Waals surface area contributed by atoms with E-state index in [1.54, 1.807) is 11.8 Å². The van der Waals surface area contributed by atoms with Gasteiger partial charge in [0, 0.05) is 5.25 Å². The van der Waals surface area contributed by atoms with Crippen molar-refractivity contribution in [1.29, 1.82) is 0 Å². The quantitative estimate of drug-likeness (QED) is 0.824. The molecule has 0 saturated heterocycles. The molecule has 2 heterocycles. The molecule has 1 atom stereocenters. The molecule has 94 valence electrons. The first-order valence-corrected chi connectivity index (χ1v) is 6.58. The molecule has 5 nitrogen and oxygen atoms in total. The number of hydrogen-bond acceptors (Lipinski definition) is 3. The number of amides is 1. The van der Waals surface area contributed by atoms with Crippen LogP contribution in [0.5, 0.6) is 0 Å². The average Bonchev–Trinajstić information content (AvgIpc) is 2.58. The van der Waals surface area contributed by atoms with Crippen LogP contribution in [0.1, 0.15) is 26.5 Å². The van der Waals surface area contributed by atoms with Gasteiger partial charge in [-0.25, -0.2) is 4.79 Å². The van der Waals surface area contributed by atoms with E-state index in [1.165, 1.54) is 4.90 Å². The van der Waals surface area contributed by atoms with Gasteiger partial charge in [0.1, 0.15) is 0 Å². The molecule has 0 aliphatic carbocycles. The Morgan fingerprint density at radius 3 is 2.94 bits per heavy atom. The Labute approximate surface area is 105 Å². The molecule has 0 radical (unpaired) electrons. The van der Waals surface area contributed by atoms with Crippen molar-refractivity contribution in [1.82, 2.24) is 14.7 Å². The second kappa shape index (κ2) is 4.60. The number of nitrogens with zero attached hydrogens (tertiary/aromatic N) is 3. The van der Waals surface area contributed by atoms with E-state index >= 15 is 0 Å². The highest BCUT2D eigenvalue weighted by molar-refractivity contribution is 8.00. The van der Waals surface area contributed by atoms with Crippen LogP contribution in [0.3, 0.4) is 0 Å². The Morgan fingerprint density at radius 1 is 1.65 bits per heavy atom. The van der Waals surface area contributed by atoms with Crippen LogP contribution in [0.25, 0.3) is 0 Å². The molecule has 0 spiro atoms. The first-order chi connectivity index (χ1) is 7.99. The lowest BCUT2D eigenvalue weighted by Crippen LogP contribution is -2.44. The molecule has 1 amide bonds. The highest BCUT2D eigenvalue weighted by Gasteiger charge is 2.29. The zero-order valence-electron chi connectivity index (χ0n) is 10.3. The molecule has 1 N–H and O–H groups in total. The number of rotatable bonds is 2. The molecule has 1 aromatic heterocycles. The summed E-state index contributed by atoms with van der Waals surface area (Å²) in [5, 5.41) is 13.9. The standard InChI is InChI=1S/C11H17N3O2S/c1-7(2)17-10-4-12-14-5-8(3)13(11(15)16)6-9(10)14/h4,7-8H,5-6H2,1-3H3,(H,15,16)/t8-/m0/s1. The van der Waals surface area contributed by atoms with Crippen LogP contribution in [0.4, 0.5) is 4.79 Å². The van der Waals surface area contributed by atoms with Gasteiger partial charge in [0.25, 0.3) is 0 Å². The molecular formula is C11H17N3O2S. The molecule has 6 heteroatoms. The van der Waals surface area contributed by atoms with Gasteiger partial charge in [-0.15, -0.1) is 11.8 Å². The molecule has 2 rings (SSSR count). The maximum Gasteiger partial charge on any atom is 0.407 e. The number of hydrogen-bond donors (Lipinski definition) is 1. The molecule has 0 bridgehead atoms. The predicted molar refractivity (Wildman–Crippen MR) is 66.2 cm³/mol. The van der Waals surface area contributed by atoms with Crippen LogP contribution >= 0.6 is 11.8 Å². The van der Waals surface area contributed by atoms with Crippen LogP contribution in [0.15, 0.2) is 11.1 Å². The largest absolute Gasteiger partial charge is 0.465 e. The van der Waals surface area contributed by atoms with Crippen LogP contribution in [-0.4, -0.2) is 37.2 Å². The van der Waals surface area contributed by atoms with Crippen LogP contribution in [0, 0.1) is 0 Å². The topological polar surface area (TPSA) is 58.4 Å². The minimum atomic E-state index is -0.856. The van der Waals surface area contributed by atoms with E-state index in [1.807, 2.05) is 17.8 Å². The van der Waals surface area contributed by atoms with Gasteiger partial charge < -0.3 is 5.11 Å². The maximum absolute atomic E-state index is 11.1. The Balaban J connectivity index is 2.26. The molecule has 1 aliphatic heterocycles. The lowest BCUT2D eigenvalue weighted by molar-refractivity contribution is 0.104. The minimum absolute atomic E-state index is 0.0169. The van der Waals surface area contributed by atoms with Crippen molar-refractivity contribution in [2.45, 2.75) is 50.0 Å². The van der Waals surface area contributed by atoms with Gasteiger partial charge >= 0.3 is 6.09 Å². The van der Waals surface area contributed by atoms with E-state index < -0.39 is 6.09 Å². The van der Waals surface area contributed by atoms with Crippen molar-refractivity contribution in [3.63, 3.8) is 0 Å². The highest BCUT2D eigenvalue weighted by atomic mass is 32.2. The molecule has 1 aromatic rings. The van der Waals surface area contributed by atoms with Crippen molar-refractivity contribution >= 4 is 17.9 Å². The first kappa shape index (κ1) is 12.3. The minimum Gasteiger partial charge on any atom is -0.465 e. The summed E-state index contributed by atoms with van der Waals surface area (Å²) < 4.78 is 1.93. The third-order valence-corrected chi connectivity index (χ3v) is 3.87. The van der Waals surface area contributed by atoms with E-state index in [9.17, 15) is 4.79 Å². The fraction of sp³-hybridized carbons (Fsp3) is 0.636. The maximum atomic E-state index is 11.1. The fourth-order valence-corrected chi connectivity index (χ4v) is 2.91. The summed E-state index contributed by atoms with van der Waals surface area (Å²) in [7, 11) is 0. The van der Waals surface area contributed by atoms with E-state index in [0.717, 1.165) is 10.6 Å². The van der Waals surface area contributed by atoms with Crippen molar-refractivity contribution < 1.29 is 9.90 Å². The molecular weight excluding hydrogens is 238 g/mol. The third kappa shape index (κ3) is 2.41. The second-order valence-electron chi connectivity index (χ2n) is 4.56. The van der Waals surface area contributed by atoms with Crippen molar-refractivity contribution in [2.75, 3.05) is 0 Å². The average molecular weight is 255 g/mol. The van der Waals surface area contributed by atoms with E-state index in [-0.39, 0.29) is 6.04 Å². The lowest BCUT2D eigenvalue weighted by Gasteiger charge is -2.32. The summed E-state index contributed by atoms with van der Waals surface area (Å²) in [5.74, 6) is 0. The number of carboxylic acid groups (broad SMARTS) is 1. The van der Waals surface area contributed by atoms with E-state index in [4.69, 9.17) is 5.11 Å². The molecule has 0 fully saturated rings. The van der Waals surface area contributed by atoms with Crippen molar-refractivity contribution in [3.8, 4) is 0 Å². The smallest absolute Gasteiger partial charge is 0.407 e. The zero-order valence-corrected chi connectivity index (χ0v) is 11.1. The van der Waals surface area contributed by atoms with Gasteiger partial charge in [-0.05, 0) is 6.92 Å². The Kier molecular flexibility index (Phi) is 3.33. The number of fused-ring (bicyclic) bond motifs is 1. The van der Waals surface area contributed by atoms with Gasteiger partial charge in [-0.3, -0.25) is 9.58 Å². The number of aromatic nitrogens is 2. The highest BCUT2D eigenvalue weighted by Crippen LogP contribution is 2.30. The summed E-state index contributed by atoms with van der Waals surface area (Å²) >= 11 is 1.73. The van der Waals surface area contributed by atoms with Gasteiger partial charge in [-0.1, -0.05) is 13.8 Å². The van der Waals surface area contributed by atoms with E-state index in [2.05, 4.69) is 18.9 Å². The van der Waals surface area contributed by atoms with E-state index in [0.29, 0.717) is 18.3 Å². The molecule has 0 saturated carbocycles. The fourth-order valence-electron chi connectivity index (χ4n) is 1.98. The molecule has 17 heavy (non-hydrogen) atoms. The summed E-state index contributed by atoms with van der Waals surface area (Å²) in [6, 6.07) is -0.0169. The second-order valence-corrected chi connectivity index (χ2v) is 6.18. The summed E-state index contributed by atoms with van der Waals surface area (Å²) in [6.07, 6.45) is 0.989. The third-order valence-electron chi connectivity index (χ3n) is 2.81. The zero-order chi connectivity index (χ0) is 12.6. The summed E-state index contributed by atoms with van der Waals surface area (Å²) in [5.41, 5.74) is 1.02. The molecule has 0 unspecified atom stereocenters. The van der Waals surface area contributed by atoms with Crippen molar-refractivity contribution in [2.24, 2.45) is 0 Å². The first-order valence-electron chi connectivity index (χ1n) is 5.70. The Bertz CT molecular complexity index is 430. The molecule has 1 aliphatic rings. The Hall–Kier alpha value is -1.17. The predicted octanol–water partition coefficient (Wildman–Crippen LogP) is 2.27. The monoisotopic (exact) mass is 255 g/mol. The summed E-state index contributed by atoms with van der Waals surface area (Å²) in [4.78, 5) is 13.7. The van der Waals surface area contributed by atoms with Gasteiger partial charge in [0.15, 0.2) is 0 Å². The normalized spacial score (nSPS) is 19.5. The van der Waals surface area contributed by atoms with Gasteiger partial charge in [-0.2, -0.15) is 5.10 Å². The van der Waals surface area contributed by atoms with Crippen LogP contribution < -0.4 is 0 Å². The lowest BCUT2D eigenvalue weighted by atomic mass is 10.2. The van der Waals surface area contributed by atoms with Gasteiger partial charge in [0.2, 0.25) is 0 Å². The van der Waals surface area contributed by atoms with Crippen LogP contribution in [0.2, 0.25) is 0 Å². The summed E-state index contributed by atoms with van der Waals surface area (Å²) in [6.45, 7) is 7.23. The van der Waals surface area contributed by atoms with Gasteiger partial charge in [0.05, 0.1) is 35.9 Å². The number of carbonyl (C=O) groups is 1. The molecule has 0 aromatic carbocycles.